The summed E-state index contributed by atoms with van der Waals surface area (Å²) in [7, 11) is 0. The van der Waals surface area contributed by atoms with Crippen molar-refractivity contribution in [1.82, 2.24) is 5.32 Å². The molecule has 0 unspecified atom stereocenters. The molecule has 0 saturated heterocycles. The van der Waals surface area contributed by atoms with Gasteiger partial charge in [-0.3, -0.25) is 14.4 Å². The minimum Gasteiger partial charge on any atom is -0.464 e. The highest BCUT2D eigenvalue weighted by Gasteiger charge is 2.24. The highest BCUT2D eigenvalue weighted by atomic mass is 16.6. The maximum atomic E-state index is 11.5. The van der Waals surface area contributed by atoms with Crippen LogP contribution in [0.25, 0.3) is 0 Å². The summed E-state index contributed by atoms with van der Waals surface area (Å²) in [4.78, 5) is 34.0. The normalized spacial score (nSPS) is 13.1. The van der Waals surface area contributed by atoms with Crippen LogP contribution in [0.15, 0.2) is 12.2 Å². The largest absolute Gasteiger partial charge is 0.464 e. The van der Waals surface area contributed by atoms with E-state index in [2.05, 4.69) is 12.2 Å². The zero-order valence-electron chi connectivity index (χ0n) is 19.5. The summed E-state index contributed by atoms with van der Waals surface area (Å²) in [5.74, 6) is -1.17. The number of unbranched alkanes of at least 4 members (excludes halogenated alkanes) is 11. The van der Waals surface area contributed by atoms with Crippen LogP contribution in [0.2, 0.25) is 0 Å². The van der Waals surface area contributed by atoms with Gasteiger partial charge >= 0.3 is 11.9 Å². The van der Waals surface area contributed by atoms with Crippen molar-refractivity contribution in [2.24, 2.45) is 0 Å². The Morgan fingerprint density at radius 1 is 0.800 bits per heavy atom. The van der Waals surface area contributed by atoms with E-state index in [-0.39, 0.29) is 12.5 Å². The fourth-order valence-electron chi connectivity index (χ4n) is 3.29. The highest BCUT2D eigenvalue weighted by molar-refractivity contribution is 5.73. The van der Waals surface area contributed by atoms with Crippen LogP contribution in [0.3, 0.4) is 0 Å². The molecule has 0 aliphatic carbocycles. The second kappa shape index (κ2) is 19.1. The van der Waals surface area contributed by atoms with Crippen molar-refractivity contribution in [3.8, 4) is 0 Å². The number of carbonyl (C=O) groups is 3. The number of allylic oxidation sites excluding steroid dienone is 1. The molecule has 6 heteroatoms. The van der Waals surface area contributed by atoms with E-state index in [1.807, 2.05) is 6.08 Å². The van der Waals surface area contributed by atoms with Gasteiger partial charge in [-0.1, -0.05) is 77.2 Å². The quantitative estimate of drug-likeness (QED) is 0.184. The van der Waals surface area contributed by atoms with E-state index in [4.69, 9.17) is 9.47 Å². The SMILES string of the molecule is CCCCCCCCCCCCC/C=C\[C@@H](OC(C)=O)[C@H](COC(C)=O)NC(C)=O. The van der Waals surface area contributed by atoms with Gasteiger partial charge in [-0.15, -0.1) is 0 Å². The summed E-state index contributed by atoms with van der Waals surface area (Å²) in [6, 6.07) is -0.608. The third-order valence-corrected chi connectivity index (χ3v) is 4.85. The number of nitrogens with one attached hydrogen (secondary N) is 1. The maximum Gasteiger partial charge on any atom is 0.303 e. The molecule has 0 rings (SSSR count). The summed E-state index contributed by atoms with van der Waals surface area (Å²) in [5.41, 5.74) is 0. The molecule has 0 aromatic carbocycles. The lowest BCUT2D eigenvalue weighted by Gasteiger charge is -2.24. The van der Waals surface area contributed by atoms with Gasteiger partial charge in [0.15, 0.2) is 0 Å². The average Bonchev–Trinajstić information content (AvgIpc) is 2.67. The van der Waals surface area contributed by atoms with E-state index < -0.39 is 24.1 Å². The Balaban J connectivity index is 4.19. The van der Waals surface area contributed by atoms with Crippen molar-refractivity contribution in [3.05, 3.63) is 12.2 Å². The molecule has 1 N–H and O–H groups in total. The van der Waals surface area contributed by atoms with Gasteiger partial charge in [0.2, 0.25) is 5.91 Å². The summed E-state index contributed by atoms with van der Waals surface area (Å²) in [5, 5.41) is 2.69. The molecule has 0 bridgehead atoms. The third kappa shape index (κ3) is 18.2. The van der Waals surface area contributed by atoms with Gasteiger partial charge in [0.05, 0.1) is 0 Å². The fourth-order valence-corrected chi connectivity index (χ4v) is 3.29. The first-order valence-electron chi connectivity index (χ1n) is 11.6. The molecule has 0 aromatic heterocycles. The second-order valence-corrected chi connectivity index (χ2v) is 7.94. The van der Waals surface area contributed by atoms with Gasteiger partial charge in [0, 0.05) is 20.8 Å². The molecule has 1 amide bonds. The molecule has 30 heavy (non-hydrogen) atoms. The van der Waals surface area contributed by atoms with Crippen LogP contribution in [-0.2, 0) is 23.9 Å². The predicted molar refractivity (Wildman–Crippen MR) is 120 cm³/mol. The summed E-state index contributed by atoms with van der Waals surface area (Å²) in [6.07, 6.45) is 18.2. The topological polar surface area (TPSA) is 81.7 Å². The average molecular weight is 426 g/mol. The number of hydrogen-bond donors (Lipinski definition) is 1. The van der Waals surface area contributed by atoms with Gasteiger partial charge in [-0.25, -0.2) is 0 Å². The first-order valence-corrected chi connectivity index (χ1v) is 11.6. The van der Waals surface area contributed by atoms with E-state index in [1.165, 1.54) is 85.0 Å². The van der Waals surface area contributed by atoms with Gasteiger partial charge in [-0.05, 0) is 18.9 Å². The van der Waals surface area contributed by atoms with Crippen LogP contribution in [0.1, 0.15) is 105 Å². The standard InChI is InChI=1S/C24H43NO5/c1-5-6-7-8-9-10-11-12-13-14-15-16-17-18-24(30-22(4)28)23(25-20(2)26)19-29-21(3)27/h17-18,23-24H,5-16,19H2,1-4H3,(H,25,26)/b18-17-/t23-,24+/m0/s1. The zero-order valence-corrected chi connectivity index (χ0v) is 19.5. The lowest BCUT2D eigenvalue weighted by Crippen LogP contribution is -2.46. The molecule has 0 fully saturated rings. The fraction of sp³-hybridized carbons (Fsp3) is 0.792. The molecule has 0 aliphatic heterocycles. The van der Waals surface area contributed by atoms with E-state index in [9.17, 15) is 14.4 Å². The maximum absolute atomic E-state index is 11.5. The first-order chi connectivity index (χ1) is 14.4. The lowest BCUT2D eigenvalue weighted by atomic mass is 10.0. The van der Waals surface area contributed by atoms with Crippen LogP contribution in [0, 0.1) is 0 Å². The van der Waals surface area contributed by atoms with Crippen LogP contribution >= 0.6 is 0 Å². The summed E-state index contributed by atoms with van der Waals surface area (Å²) < 4.78 is 10.3. The van der Waals surface area contributed by atoms with Crippen molar-refractivity contribution < 1.29 is 23.9 Å². The molecule has 2 atom stereocenters. The number of amides is 1. The number of rotatable bonds is 18. The van der Waals surface area contributed by atoms with Gasteiger partial charge in [0.25, 0.3) is 0 Å². The number of esters is 2. The van der Waals surface area contributed by atoms with Crippen LogP contribution in [-0.4, -0.2) is 36.6 Å². The van der Waals surface area contributed by atoms with E-state index in [0.29, 0.717) is 0 Å². The van der Waals surface area contributed by atoms with Crippen LogP contribution < -0.4 is 5.32 Å². The molecule has 0 heterocycles. The van der Waals surface area contributed by atoms with E-state index in [1.54, 1.807) is 6.08 Å². The molecule has 0 saturated carbocycles. The second-order valence-electron chi connectivity index (χ2n) is 7.94. The van der Waals surface area contributed by atoms with Crippen molar-refractivity contribution >= 4 is 17.8 Å². The van der Waals surface area contributed by atoms with Gasteiger partial charge in [-0.2, -0.15) is 0 Å². The number of hydrogen-bond acceptors (Lipinski definition) is 5. The van der Waals surface area contributed by atoms with Crippen LogP contribution in [0.4, 0.5) is 0 Å². The Kier molecular flexibility index (Phi) is 18.0. The molecular weight excluding hydrogens is 382 g/mol. The smallest absolute Gasteiger partial charge is 0.303 e. The molecule has 0 aliphatic rings. The first kappa shape index (κ1) is 28.1. The Morgan fingerprint density at radius 2 is 1.33 bits per heavy atom. The molecule has 0 aromatic rings. The van der Waals surface area contributed by atoms with E-state index >= 15 is 0 Å². The number of carbonyl (C=O) groups excluding carboxylic acids is 3. The third-order valence-electron chi connectivity index (χ3n) is 4.85. The minimum atomic E-state index is -0.668. The van der Waals surface area contributed by atoms with Crippen molar-refractivity contribution in [3.63, 3.8) is 0 Å². The van der Waals surface area contributed by atoms with Crippen molar-refractivity contribution in [2.45, 2.75) is 117 Å². The van der Waals surface area contributed by atoms with Gasteiger partial charge < -0.3 is 14.8 Å². The Morgan fingerprint density at radius 3 is 1.80 bits per heavy atom. The van der Waals surface area contributed by atoms with Gasteiger partial charge in [0.1, 0.15) is 18.8 Å². The van der Waals surface area contributed by atoms with Crippen molar-refractivity contribution in [2.75, 3.05) is 6.61 Å². The highest BCUT2D eigenvalue weighted by Crippen LogP contribution is 2.12. The monoisotopic (exact) mass is 425 g/mol. The van der Waals surface area contributed by atoms with E-state index in [0.717, 1.165) is 12.8 Å². The Hall–Kier alpha value is -1.85. The molecule has 6 nitrogen and oxygen atoms in total. The van der Waals surface area contributed by atoms with Crippen LogP contribution in [0.5, 0.6) is 0 Å². The molecule has 0 radical (unpaired) electrons. The summed E-state index contributed by atoms with van der Waals surface area (Å²) >= 11 is 0. The minimum absolute atomic E-state index is 0.0460. The lowest BCUT2D eigenvalue weighted by molar-refractivity contribution is -0.149. The summed E-state index contributed by atoms with van der Waals surface area (Å²) in [6.45, 7) is 6.20. The van der Waals surface area contributed by atoms with Crippen molar-refractivity contribution in [1.29, 1.82) is 0 Å². The Bertz CT molecular complexity index is 504. The zero-order chi connectivity index (χ0) is 22.6. The molecular formula is C24H43NO5. The molecule has 174 valence electrons. The number of ether oxygens (including phenoxy) is 2. The molecule has 0 spiro atoms. The predicted octanol–water partition coefficient (Wildman–Crippen LogP) is 5.24. The Labute approximate surface area is 183 Å².